The lowest BCUT2D eigenvalue weighted by Gasteiger charge is -2.54. The maximum atomic E-state index is 3.92. The molecule has 2 aliphatic rings. The average molecular weight is 238 g/mol. The van der Waals surface area contributed by atoms with Crippen LogP contribution in [0.3, 0.4) is 0 Å². The van der Waals surface area contributed by atoms with Crippen molar-refractivity contribution in [1.82, 2.24) is 10.2 Å². The minimum atomic E-state index is 0.388. The van der Waals surface area contributed by atoms with Crippen LogP contribution in [0.5, 0.6) is 0 Å². The van der Waals surface area contributed by atoms with Gasteiger partial charge >= 0.3 is 0 Å². The predicted octanol–water partition coefficient (Wildman–Crippen LogP) is 3.17. The molecule has 0 radical (unpaired) electrons. The van der Waals surface area contributed by atoms with Crippen LogP contribution in [0.4, 0.5) is 0 Å². The second-order valence-electron chi connectivity index (χ2n) is 6.47. The Bertz CT molecular complexity index is 245. The summed E-state index contributed by atoms with van der Waals surface area (Å²) in [7, 11) is 0. The van der Waals surface area contributed by atoms with Crippen LogP contribution < -0.4 is 5.32 Å². The first kappa shape index (κ1) is 13.4. The van der Waals surface area contributed by atoms with Gasteiger partial charge in [0.05, 0.1) is 0 Å². The topological polar surface area (TPSA) is 15.3 Å². The molecule has 2 fully saturated rings. The van der Waals surface area contributed by atoms with E-state index in [0.29, 0.717) is 11.1 Å². The van der Waals surface area contributed by atoms with E-state index in [-0.39, 0.29) is 0 Å². The van der Waals surface area contributed by atoms with Crippen LogP contribution >= 0.6 is 0 Å². The van der Waals surface area contributed by atoms with E-state index < -0.39 is 0 Å². The Balaban J connectivity index is 2.07. The molecule has 1 N–H and O–H groups in total. The molecule has 2 heteroatoms. The highest BCUT2D eigenvalue weighted by Gasteiger charge is 2.43. The van der Waals surface area contributed by atoms with Crippen molar-refractivity contribution in [1.29, 1.82) is 0 Å². The number of hydrogen-bond acceptors (Lipinski definition) is 2. The molecule has 1 aliphatic carbocycles. The summed E-state index contributed by atoms with van der Waals surface area (Å²) in [5.74, 6) is 0. The molecular weight excluding hydrogens is 208 g/mol. The van der Waals surface area contributed by atoms with Crippen molar-refractivity contribution in [3.63, 3.8) is 0 Å². The highest BCUT2D eigenvalue weighted by Crippen LogP contribution is 2.35. The Labute approximate surface area is 107 Å². The van der Waals surface area contributed by atoms with Gasteiger partial charge in [0.15, 0.2) is 0 Å². The normalized spacial score (nSPS) is 34.1. The maximum Gasteiger partial charge on any atom is 0.0309 e. The fourth-order valence-electron chi connectivity index (χ4n) is 3.63. The van der Waals surface area contributed by atoms with Gasteiger partial charge in [0.2, 0.25) is 0 Å². The highest BCUT2D eigenvalue weighted by molar-refractivity contribution is 5.04. The average Bonchev–Trinajstić information content (AvgIpc) is 2.36. The van der Waals surface area contributed by atoms with Crippen molar-refractivity contribution < 1.29 is 0 Å². The van der Waals surface area contributed by atoms with Gasteiger partial charge < -0.3 is 5.32 Å². The van der Waals surface area contributed by atoms with Gasteiger partial charge in [-0.1, -0.05) is 33.1 Å². The number of piperazine rings is 1. The van der Waals surface area contributed by atoms with Crippen LogP contribution in [-0.2, 0) is 0 Å². The molecule has 1 saturated carbocycles. The van der Waals surface area contributed by atoms with Crippen molar-refractivity contribution in [2.24, 2.45) is 0 Å². The Hall–Kier alpha value is -0.0800. The van der Waals surface area contributed by atoms with Gasteiger partial charge in [-0.05, 0) is 39.2 Å². The summed E-state index contributed by atoms with van der Waals surface area (Å²) < 4.78 is 0. The molecule has 1 saturated heterocycles. The first-order chi connectivity index (χ1) is 8.14. The molecule has 2 nitrogen and oxygen atoms in total. The van der Waals surface area contributed by atoms with Crippen molar-refractivity contribution in [3.05, 3.63) is 0 Å². The molecule has 0 aromatic rings. The van der Waals surface area contributed by atoms with Gasteiger partial charge in [-0.2, -0.15) is 0 Å². The number of nitrogens with one attached hydrogen (secondary N) is 1. The molecule has 17 heavy (non-hydrogen) atoms. The number of rotatable bonds is 3. The molecule has 2 rings (SSSR count). The summed E-state index contributed by atoms with van der Waals surface area (Å²) in [5, 5.41) is 3.92. The Kier molecular flexibility index (Phi) is 4.14. The highest BCUT2D eigenvalue weighted by atomic mass is 15.3. The van der Waals surface area contributed by atoms with Crippen LogP contribution in [0.2, 0.25) is 0 Å². The van der Waals surface area contributed by atoms with Gasteiger partial charge in [0.25, 0.3) is 0 Å². The SMILES string of the molecule is CCCN1CC2(CCCCC2)NCC1(C)CC. The van der Waals surface area contributed by atoms with Gasteiger partial charge in [-0.25, -0.2) is 0 Å². The van der Waals surface area contributed by atoms with E-state index in [4.69, 9.17) is 0 Å². The standard InChI is InChI=1S/C15H30N2/c1-4-11-17-13-15(9-7-6-8-10-15)16-12-14(17,3)5-2/h16H,4-13H2,1-3H3. The van der Waals surface area contributed by atoms with Crippen LogP contribution in [-0.4, -0.2) is 35.6 Å². The largest absolute Gasteiger partial charge is 0.308 e. The van der Waals surface area contributed by atoms with Crippen LogP contribution in [0, 0.1) is 0 Å². The molecule has 1 heterocycles. The minimum Gasteiger partial charge on any atom is -0.308 e. The molecule has 0 aromatic carbocycles. The lowest BCUT2D eigenvalue weighted by Crippen LogP contribution is -2.69. The zero-order valence-corrected chi connectivity index (χ0v) is 12.0. The fourth-order valence-corrected chi connectivity index (χ4v) is 3.63. The summed E-state index contributed by atoms with van der Waals surface area (Å²) in [5.41, 5.74) is 0.848. The first-order valence-electron chi connectivity index (χ1n) is 7.64. The zero-order chi connectivity index (χ0) is 12.4. The van der Waals surface area contributed by atoms with E-state index in [0.717, 1.165) is 0 Å². The van der Waals surface area contributed by atoms with Crippen LogP contribution in [0.1, 0.15) is 65.7 Å². The van der Waals surface area contributed by atoms with Crippen LogP contribution in [0.25, 0.3) is 0 Å². The van der Waals surface area contributed by atoms with Gasteiger partial charge in [0.1, 0.15) is 0 Å². The third-order valence-electron chi connectivity index (χ3n) is 5.17. The predicted molar refractivity (Wildman–Crippen MR) is 74.4 cm³/mol. The van der Waals surface area contributed by atoms with E-state index in [1.54, 1.807) is 0 Å². The summed E-state index contributed by atoms with van der Waals surface area (Å²) in [4.78, 5) is 2.77. The summed E-state index contributed by atoms with van der Waals surface area (Å²) in [6, 6.07) is 0. The third-order valence-corrected chi connectivity index (χ3v) is 5.17. The monoisotopic (exact) mass is 238 g/mol. The van der Waals surface area contributed by atoms with E-state index in [1.165, 1.54) is 64.6 Å². The fraction of sp³-hybridized carbons (Fsp3) is 1.00. The van der Waals surface area contributed by atoms with Gasteiger partial charge in [-0.3, -0.25) is 4.90 Å². The Morgan fingerprint density at radius 2 is 1.82 bits per heavy atom. The van der Waals surface area contributed by atoms with Crippen LogP contribution in [0.15, 0.2) is 0 Å². The smallest absolute Gasteiger partial charge is 0.0309 e. The zero-order valence-electron chi connectivity index (χ0n) is 12.0. The lowest BCUT2D eigenvalue weighted by atomic mass is 9.77. The van der Waals surface area contributed by atoms with E-state index >= 15 is 0 Å². The number of hydrogen-bond donors (Lipinski definition) is 1. The summed E-state index contributed by atoms with van der Waals surface area (Å²) >= 11 is 0. The molecular formula is C15H30N2. The van der Waals surface area contributed by atoms with Gasteiger partial charge in [0, 0.05) is 24.2 Å². The molecule has 0 bridgehead atoms. The van der Waals surface area contributed by atoms with Crippen molar-refractivity contribution in [3.8, 4) is 0 Å². The molecule has 0 amide bonds. The van der Waals surface area contributed by atoms with E-state index in [1.807, 2.05) is 0 Å². The lowest BCUT2D eigenvalue weighted by molar-refractivity contribution is -0.00123. The van der Waals surface area contributed by atoms with E-state index in [9.17, 15) is 0 Å². The summed E-state index contributed by atoms with van der Waals surface area (Å²) in [6.07, 6.45) is 9.63. The van der Waals surface area contributed by atoms with E-state index in [2.05, 4.69) is 31.0 Å². The second kappa shape index (κ2) is 5.27. The molecule has 1 aliphatic heterocycles. The van der Waals surface area contributed by atoms with Crippen molar-refractivity contribution in [2.45, 2.75) is 76.8 Å². The van der Waals surface area contributed by atoms with Crippen molar-refractivity contribution in [2.75, 3.05) is 19.6 Å². The maximum absolute atomic E-state index is 3.92. The Morgan fingerprint density at radius 1 is 1.12 bits per heavy atom. The summed E-state index contributed by atoms with van der Waals surface area (Å²) in [6.45, 7) is 10.8. The quantitative estimate of drug-likeness (QED) is 0.812. The molecule has 0 aromatic heterocycles. The first-order valence-corrected chi connectivity index (χ1v) is 7.64. The molecule has 100 valence electrons. The molecule has 1 atom stereocenters. The Morgan fingerprint density at radius 3 is 2.41 bits per heavy atom. The second-order valence-corrected chi connectivity index (χ2v) is 6.47. The minimum absolute atomic E-state index is 0.388. The third kappa shape index (κ3) is 2.68. The molecule has 1 unspecified atom stereocenters. The van der Waals surface area contributed by atoms with Gasteiger partial charge in [-0.15, -0.1) is 0 Å². The number of nitrogens with zero attached hydrogens (tertiary/aromatic N) is 1. The van der Waals surface area contributed by atoms with Crippen molar-refractivity contribution >= 4 is 0 Å². The molecule has 1 spiro atoms.